The maximum atomic E-state index is 12.0. The SMILES string of the molecule is O=C(O)N1[C@@H]2CC[C@H]1CN(c1nc(OCC34CCCN3CCC4)nc3nc(-c4cccc5cccc(Cl)c45)ccc13)C2. The molecular weight excluding hydrogens is 552 g/mol. The largest absolute Gasteiger partial charge is 0.465 e. The third kappa shape index (κ3) is 4.16. The van der Waals surface area contributed by atoms with Gasteiger partial charge in [0.15, 0.2) is 5.65 Å². The molecule has 0 radical (unpaired) electrons. The van der Waals surface area contributed by atoms with Gasteiger partial charge in [-0.1, -0.05) is 41.9 Å². The summed E-state index contributed by atoms with van der Waals surface area (Å²) in [5.41, 5.74) is 2.36. The number of fused-ring (bicyclic) bond motifs is 5. The Kier molecular flexibility index (Phi) is 6.15. The summed E-state index contributed by atoms with van der Waals surface area (Å²) in [7, 11) is 0. The predicted octanol–water partition coefficient (Wildman–Crippen LogP) is 5.84. The van der Waals surface area contributed by atoms with Crippen LogP contribution >= 0.6 is 11.6 Å². The van der Waals surface area contributed by atoms with Crippen LogP contribution in [-0.2, 0) is 0 Å². The number of carboxylic acid groups (broad SMARTS) is 1. The third-order valence-corrected chi connectivity index (χ3v) is 10.2. The number of rotatable bonds is 5. The second-order valence-corrected chi connectivity index (χ2v) is 12.6. The van der Waals surface area contributed by atoms with Gasteiger partial charge >= 0.3 is 12.1 Å². The van der Waals surface area contributed by atoms with Gasteiger partial charge in [0.1, 0.15) is 12.4 Å². The summed E-state index contributed by atoms with van der Waals surface area (Å²) >= 11 is 6.67. The maximum absolute atomic E-state index is 12.0. The highest BCUT2D eigenvalue weighted by Gasteiger charge is 2.46. The number of carbonyl (C=O) groups is 1. The Balaban J connectivity index is 1.21. The molecule has 0 aliphatic carbocycles. The van der Waals surface area contributed by atoms with Crippen LogP contribution in [0.3, 0.4) is 0 Å². The van der Waals surface area contributed by atoms with Crippen molar-refractivity contribution in [3.63, 3.8) is 0 Å². The number of benzene rings is 2. The molecule has 0 unspecified atom stereocenters. The summed E-state index contributed by atoms with van der Waals surface area (Å²) < 4.78 is 6.44. The van der Waals surface area contributed by atoms with E-state index >= 15 is 0 Å². The Hall–Kier alpha value is -3.69. The number of pyridine rings is 1. The standard InChI is InChI=1S/C32H33ClN6O3/c33-25-8-2-6-20-5-1-7-23(27(20)25)26-12-11-24-28(34-26)35-30(42-19-32-13-3-15-38(32)16-4-14-32)36-29(24)37-17-21-9-10-22(18-37)39(21)31(40)41/h1-2,5-8,11-12,21-22H,3-4,9-10,13-19H2,(H,40,41)/t21-,22+. The van der Waals surface area contributed by atoms with Crippen molar-refractivity contribution >= 4 is 45.3 Å². The lowest BCUT2D eigenvalue weighted by atomic mass is 9.95. The summed E-state index contributed by atoms with van der Waals surface area (Å²) in [5.74, 6) is 0.763. The molecule has 2 aromatic heterocycles. The zero-order chi connectivity index (χ0) is 28.4. The molecule has 42 heavy (non-hydrogen) atoms. The van der Waals surface area contributed by atoms with Gasteiger partial charge in [-0.3, -0.25) is 9.80 Å². The average Bonchev–Trinajstić information content (AvgIpc) is 3.66. The van der Waals surface area contributed by atoms with E-state index in [0.29, 0.717) is 36.4 Å². The quantitative estimate of drug-likeness (QED) is 0.313. The monoisotopic (exact) mass is 584 g/mol. The Bertz CT molecular complexity index is 1690. The van der Waals surface area contributed by atoms with Gasteiger partial charge in [0.25, 0.3) is 0 Å². The molecule has 2 bridgehead atoms. The number of halogens is 1. The third-order valence-electron chi connectivity index (χ3n) is 9.93. The summed E-state index contributed by atoms with van der Waals surface area (Å²) in [4.78, 5) is 33.3. The molecule has 4 saturated heterocycles. The van der Waals surface area contributed by atoms with Crippen LogP contribution in [0.2, 0.25) is 5.02 Å². The van der Waals surface area contributed by atoms with Gasteiger partial charge in [0, 0.05) is 29.1 Å². The smallest absolute Gasteiger partial charge is 0.407 e. The fourth-order valence-electron chi connectivity index (χ4n) is 7.99. The molecule has 1 amide bonds. The molecule has 10 heteroatoms. The molecule has 0 spiro atoms. The van der Waals surface area contributed by atoms with Gasteiger partial charge in [0.05, 0.1) is 28.7 Å². The fourth-order valence-corrected chi connectivity index (χ4v) is 8.27. The summed E-state index contributed by atoms with van der Waals surface area (Å²) in [6.07, 6.45) is 5.56. The second kappa shape index (κ2) is 9.95. The number of hydrogen-bond donors (Lipinski definition) is 1. The lowest BCUT2D eigenvalue weighted by molar-refractivity contribution is 0.107. The van der Waals surface area contributed by atoms with Crippen LogP contribution < -0.4 is 9.64 Å². The maximum Gasteiger partial charge on any atom is 0.407 e. The molecule has 6 heterocycles. The van der Waals surface area contributed by atoms with E-state index in [0.717, 1.165) is 72.0 Å². The first-order valence-corrected chi connectivity index (χ1v) is 15.4. The van der Waals surface area contributed by atoms with Gasteiger partial charge in [-0.05, 0) is 75.2 Å². The highest BCUT2D eigenvalue weighted by molar-refractivity contribution is 6.36. The Morgan fingerprint density at radius 2 is 1.71 bits per heavy atom. The van der Waals surface area contributed by atoms with Crippen molar-refractivity contribution < 1.29 is 14.6 Å². The van der Waals surface area contributed by atoms with Crippen molar-refractivity contribution in [2.24, 2.45) is 0 Å². The highest BCUT2D eigenvalue weighted by atomic mass is 35.5. The van der Waals surface area contributed by atoms with E-state index in [1.807, 2.05) is 36.4 Å². The molecule has 216 valence electrons. The van der Waals surface area contributed by atoms with Crippen LogP contribution in [0.4, 0.5) is 10.6 Å². The number of anilines is 1. The zero-order valence-corrected chi connectivity index (χ0v) is 24.1. The van der Waals surface area contributed by atoms with E-state index < -0.39 is 6.09 Å². The summed E-state index contributed by atoms with van der Waals surface area (Å²) in [6.45, 7) is 4.00. The first-order valence-electron chi connectivity index (χ1n) is 15.0. The van der Waals surface area contributed by atoms with Crippen molar-refractivity contribution in [3.05, 3.63) is 53.6 Å². The number of aromatic nitrogens is 3. The zero-order valence-electron chi connectivity index (χ0n) is 23.4. The number of hydrogen-bond acceptors (Lipinski definition) is 7. The summed E-state index contributed by atoms with van der Waals surface area (Å²) in [5, 5.41) is 13.3. The Morgan fingerprint density at radius 3 is 2.45 bits per heavy atom. The lowest BCUT2D eigenvalue weighted by Gasteiger charge is -2.40. The van der Waals surface area contributed by atoms with Crippen LogP contribution in [-0.4, -0.2) is 86.4 Å². The second-order valence-electron chi connectivity index (χ2n) is 12.2. The van der Waals surface area contributed by atoms with Gasteiger partial charge in [-0.2, -0.15) is 9.97 Å². The van der Waals surface area contributed by atoms with Crippen LogP contribution in [0.15, 0.2) is 48.5 Å². The Morgan fingerprint density at radius 1 is 0.976 bits per heavy atom. The van der Waals surface area contributed by atoms with Gasteiger partial charge < -0.3 is 14.7 Å². The van der Waals surface area contributed by atoms with Crippen LogP contribution in [0.25, 0.3) is 33.1 Å². The molecule has 8 rings (SSSR count). The van der Waals surface area contributed by atoms with Crippen molar-refractivity contribution in [1.29, 1.82) is 0 Å². The van der Waals surface area contributed by atoms with Crippen molar-refractivity contribution in [1.82, 2.24) is 24.8 Å². The molecule has 4 aliphatic heterocycles. The number of nitrogens with zero attached hydrogens (tertiary/aromatic N) is 6. The number of piperazine rings is 1. The Labute approximate surface area is 249 Å². The molecule has 2 aromatic carbocycles. The number of amides is 1. The van der Waals surface area contributed by atoms with E-state index in [9.17, 15) is 9.90 Å². The molecule has 1 N–H and O–H groups in total. The van der Waals surface area contributed by atoms with Crippen LogP contribution in [0.5, 0.6) is 6.01 Å². The van der Waals surface area contributed by atoms with E-state index in [4.69, 9.17) is 31.3 Å². The van der Waals surface area contributed by atoms with E-state index in [2.05, 4.69) is 21.9 Å². The molecule has 4 fully saturated rings. The van der Waals surface area contributed by atoms with Crippen molar-refractivity contribution in [3.8, 4) is 17.3 Å². The summed E-state index contributed by atoms with van der Waals surface area (Å²) in [6, 6.07) is 16.3. The predicted molar refractivity (Wildman–Crippen MR) is 162 cm³/mol. The molecule has 4 aliphatic rings. The minimum atomic E-state index is -0.837. The molecular formula is C32H33ClN6O3. The fraction of sp³-hybridized carbons (Fsp3) is 0.438. The van der Waals surface area contributed by atoms with Gasteiger partial charge in [-0.15, -0.1) is 0 Å². The van der Waals surface area contributed by atoms with Crippen molar-refractivity contribution in [2.45, 2.75) is 56.1 Å². The topological polar surface area (TPSA) is 94.9 Å². The molecule has 2 atom stereocenters. The van der Waals surface area contributed by atoms with Crippen molar-refractivity contribution in [2.75, 3.05) is 37.7 Å². The van der Waals surface area contributed by atoms with Gasteiger partial charge in [-0.25, -0.2) is 9.78 Å². The van der Waals surface area contributed by atoms with Gasteiger partial charge in [0.2, 0.25) is 0 Å². The first-order chi connectivity index (χ1) is 20.5. The molecule has 4 aromatic rings. The molecule has 0 saturated carbocycles. The minimum Gasteiger partial charge on any atom is -0.465 e. The van der Waals surface area contributed by atoms with Crippen LogP contribution in [0.1, 0.15) is 38.5 Å². The van der Waals surface area contributed by atoms with E-state index in [1.165, 1.54) is 12.8 Å². The van der Waals surface area contributed by atoms with E-state index in [-0.39, 0.29) is 17.6 Å². The normalized spacial score (nSPS) is 23.2. The number of ether oxygens (including phenoxy) is 1. The lowest BCUT2D eigenvalue weighted by Crippen LogP contribution is -2.55. The molecule has 9 nitrogen and oxygen atoms in total. The van der Waals surface area contributed by atoms with Crippen LogP contribution in [0, 0.1) is 0 Å². The highest BCUT2D eigenvalue weighted by Crippen LogP contribution is 2.40. The average molecular weight is 585 g/mol. The first kappa shape index (κ1) is 26.0. The minimum absolute atomic E-state index is 0.0508. The van der Waals surface area contributed by atoms with E-state index in [1.54, 1.807) is 4.90 Å².